The highest BCUT2D eigenvalue weighted by Gasteiger charge is 2.20. The van der Waals surface area contributed by atoms with Crippen molar-refractivity contribution in [3.63, 3.8) is 0 Å². The van der Waals surface area contributed by atoms with E-state index < -0.39 is 0 Å². The molecule has 7 nitrogen and oxygen atoms in total. The largest absolute Gasteiger partial charge is 0.416 e. The van der Waals surface area contributed by atoms with Gasteiger partial charge in [0.2, 0.25) is 5.91 Å². The monoisotopic (exact) mass is 647 g/mol. The molecule has 0 aliphatic heterocycles. The molecule has 0 aliphatic rings. The number of rotatable bonds is 15. The number of methoxy groups -OCH3 is 1. The quantitative estimate of drug-likeness (QED) is 0.0703. The Labute approximate surface area is 270 Å². The second kappa shape index (κ2) is 21.1. The van der Waals surface area contributed by atoms with E-state index in [-0.39, 0.29) is 29.0 Å². The van der Waals surface area contributed by atoms with Gasteiger partial charge in [-0.2, -0.15) is 0 Å². The van der Waals surface area contributed by atoms with Crippen molar-refractivity contribution < 1.29 is 19.1 Å². The van der Waals surface area contributed by atoms with Crippen LogP contribution in [0.2, 0.25) is 5.15 Å². The van der Waals surface area contributed by atoms with Crippen molar-refractivity contribution in [2.45, 2.75) is 72.1 Å². The third kappa shape index (κ3) is 12.5. The first kappa shape index (κ1) is 36.5. The normalized spacial score (nSPS) is 10.6. The molecule has 1 aromatic heterocycles. The summed E-state index contributed by atoms with van der Waals surface area (Å²) in [6, 6.07) is 17.1. The average molecular weight is 649 g/mol. The summed E-state index contributed by atoms with van der Waals surface area (Å²) in [6.45, 7) is 6.59. The number of alkyl halides is 1. The first-order valence-corrected chi connectivity index (χ1v) is 16.7. The van der Waals surface area contributed by atoms with E-state index in [0.717, 1.165) is 53.8 Å². The van der Waals surface area contributed by atoms with E-state index in [0.29, 0.717) is 11.4 Å². The Morgan fingerprint density at radius 3 is 2.14 bits per heavy atom. The van der Waals surface area contributed by atoms with E-state index in [4.69, 9.17) is 32.7 Å². The lowest BCUT2D eigenvalue weighted by molar-refractivity contribution is -0.117. The number of unbranched alkanes of at least 4 members (excludes halogenated alkanes) is 5. The predicted molar refractivity (Wildman–Crippen MR) is 180 cm³/mol. The molecule has 0 N–H and O–H groups in total. The molecule has 2 aromatic carbocycles. The predicted octanol–water partition coefficient (Wildman–Crippen LogP) is 9.38. The highest BCUT2D eigenvalue weighted by Crippen LogP contribution is 2.30. The van der Waals surface area contributed by atoms with Gasteiger partial charge in [-0.1, -0.05) is 113 Å². The topological polar surface area (TPSA) is 81.6 Å². The van der Waals surface area contributed by atoms with E-state index >= 15 is 0 Å². The van der Waals surface area contributed by atoms with Crippen LogP contribution in [0.4, 0.5) is 10.5 Å². The second-order valence-corrected chi connectivity index (χ2v) is 11.4. The number of anilines is 1. The van der Waals surface area contributed by atoms with Gasteiger partial charge in [0.25, 0.3) is 0 Å². The Hall–Kier alpha value is -2.65. The van der Waals surface area contributed by atoms with Gasteiger partial charge in [0.15, 0.2) is 10.9 Å². The molecule has 0 saturated heterocycles. The summed E-state index contributed by atoms with van der Waals surface area (Å²) in [5.41, 5.74) is 4.58. The van der Waals surface area contributed by atoms with Crippen molar-refractivity contribution in [1.29, 1.82) is 0 Å². The molecule has 0 unspecified atom stereocenters. The van der Waals surface area contributed by atoms with Gasteiger partial charge in [-0.3, -0.25) is 9.69 Å². The number of amides is 1. The van der Waals surface area contributed by atoms with Gasteiger partial charge in [-0.25, -0.2) is 4.79 Å². The molecule has 3 aromatic rings. The molecule has 10 heteroatoms. The third-order valence-electron chi connectivity index (χ3n) is 6.60. The molecule has 234 valence electrons. The van der Waals surface area contributed by atoms with Gasteiger partial charge >= 0.3 is 5.30 Å². The van der Waals surface area contributed by atoms with Crippen molar-refractivity contribution in [3.05, 3.63) is 70.9 Å². The Morgan fingerprint density at radius 1 is 0.884 bits per heavy atom. The molecule has 0 spiro atoms. The van der Waals surface area contributed by atoms with Crippen LogP contribution >= 0.6 is 35.0 Å². The molecule has 0 fully saturated rings. The molecule has 0 radical (unpaired) electrons. The summed E-state index contributed by atoms with van der Waals surface area (Å²) in [4.78, 5) is 25.7. The fourth-order valence-corrected chi connectivity index (χ4v) is 5.35. The fraction of sp³-hybridized carbons (Fsp3) is 0.455. The minimum absolute atomic E-state index is 0.0371. The maximum Gasteiger partial charge on any atom is 0.372 e. The van der Waals surface area contributed by atoms with Crippen molar-refractivity contribution in [1.82, 2.24) is 10.2 Å². The SMILES string of the molecule is CCCCCCCCSC(=O)Oc1cc(Cl)nnc1-c1ccccc1.CCc1cccc(CC)c1N(COC)C(=O)CCl. The number of carbonyl (C=O) groups is 2. The number of para-hydroxylation sites is 1. The van der Waals surface area contributed by atoms with E-state index in [9.17, 15) is 9.59 Å². The van der Waals surface area contributed by atoms with Gasteiger partial charge in [0, 0.05) is 24.5 Å². The zero-order valence-electron chi connectivity index (χ0n) is 25.6. The summed E-state index contributed by atoms with van der Waals surface area (Å²) in [6.07, 6.45) is 8.94. The Balaban J connectivity index is 0.000000317. The van der Waals surface area contributed by atoms with Crippen LogP contribution in [0.3, 0.4) is 0 Å². The number of thioether (sulfide) groups is 1. The molecule has 0 saturated carbocycles. The average Bonchev–Trinajstić information content (AvgIpc) is 3.03. The van der Waals surface area contributed by atoms with E-state index in [1.165, 1.54) is 43.5 Å². The minimum atomic E-state index is -0.338. The van der Waals surface area contributed by atoms with Crippen LogP contribution in [0, 0.1) is 0 Å². The first-order valence-electron chi connectivity index (χ1n) is 14.8. The number of hydrogen-bond donors (Lipinski definition) is 0. The summed E-state index contributed by atoms with van der Waals surface area (Å²) in [5, 5.41) is 7.78. The van der Waals surface area contributed by atoms with Crippen LogP contribution in [-0.4, -0.2) is 46.9 Å². The Morgan fingerprint density at radius 2 is 1.53 bits per heavy atom. The second-order valence-electron chi connectivity index (χ2n) is 9.72. The number of carbonyl (C=O) groups excluding carboxylic acids is 2. The van der Waals surface area contributed by atoms with Gasteiger partial charge in [-0.15, -0.1) is 21.8 Å². The number of ether oxygens (including phenoxy) is 2. The molecule has 0 atom stereocenters. The number of halogens is 2. The van der Waals surface area contributed by atoms with Crippen LogP contribution in [0.1, 0.15) is 70.4 Å². The van der Waals surface area contributed by atoms with E-state index in [1.807, 2.05) is 48.5 Å². The summed E-state index contributed by atoms with van der Waals surface area (Å²) in [5.74, 6) is 0.934. The molecule has 0 aliphatic carbocycles. The minimum Gasteiger partial charge on any atom is -0.416 e. The summed E-state index contributed by atoms with van der Waals surface area (Å²) < 4.78 is 10.6. The van der Waals surface area contributed by atoms with Crippen molar-refractivity contribution in [2.24, 2.45) is 0 Å². The highest BCUT2D eigenvalue weighted by atomic mass is 35.5. The lowest BCUT2D eigenvalue weighted by Crippen LogP contribution is -2.35. The third-order valence-corrected chi connectivity index (χ3v) is 7.82. The van der Waals surface area contributed by atoms with Gasteiger partial charge in [0.1, 0.15) is 18.3 Å². The van der Waals surface area contributed by atoms with Crippen LogP contribution in [0.15, 0.2) is 54.6 Å². The Kier molecular flexibility index (Phi) is 17.9. The molecule has 43 heavy (non-hydrogen) atoms. The standard InChI is InChI=1S/C19H23ClN2O2S.C14H20ClNO2/c1-2-3-4-5-6-10-13-25-19(23)24-16-14-17(20)21-22-18(16)15-11-8-7-9-12-15;1-4-11-7-6-8-12(5-2)14(11)16(10-18-3)13(17)9-15/h7-9,11-12,14H,2-6,10,13H2,1H3;6-8H,4-5,9-10H2,1-3H3. The zero-order valence-corrected chi connectivity index (χ0v) is 27.9. The number of benzene rings is 2. The Bertz CT molecular complexity index is 1240. The number of aryl methyl sites for hydroxylation is 2. The first-order chi connectivity index (χ1) is 20.9. The molecule has 1 amide bonds. The molecule has 0 bridgehead atoms. The highest BCUT2D eigenvalue weighted by molar-refractivity contribution is 8.13. The number of aromatic nitrogens is 2. The van der Waals surface area contributed by atoms with Crippen molar-refractivity contribution in [2.75, 3.05) is 30.4 Å². The lowest BCUT2D eigenvalue weighted by atomic mass is 10.0. The van der Waals surface area contributed by atoms with Gasteiger partial charge < -0.3 is 9.47 Å². The fourth-order valence-electron chi connectivity index (χ4n) is 4.41. The summed E-state index contributed by atoms with van der Waals surface area (Å²) in [7, 11) is 1.58. The molecule has 1 heterocycles. The summed E-state index contributed by atoms with van der Waals surface area (Å²) >= 11 is 12.8. The maximum atomic E-state index is 12.1. The van der Waals surface area contributed by atoms with Crippen molar-refractivity contribution in [3.8, 4) is 17.0 Å². The molecule has 3 rings (SSSR count). The van der Waals surface area contributed by atoms with Crippen molar-refractivity contribution >= 4 is 51.9 Å². The van der Waals surface area contributed by atoms with Gasteiger partial charge in [-0.05, 0) is 42.2 Å². The molecular formula is C33H43Cl2N3O4S. The van der Waals surface area contributed by atoms with Crippen LogP contribution in [0.5, 0.6) is 5.75 Å². The number of hydrogen-bond acceptors (Lipinski definition) is 7. The smallest absolute Gasteiger partial charge is 0.372 e. The lowest BCUT2D eigenvalue weighted by Gasteiger charge is -2.26. The van der Waals surface area contributed by atoms with Crippen LogP contribution < -0.4 is 9.64 Å². The van der Waals surface area contributed by atoms with Crippen LogP contribution in [-0.2, 0) is 22.4 Å². The van der Waals surface area contributed by atoms with E-state index in [2.05, 4.69) is 31.0 Å². The maximum absolute atomic E-state index is 12.1. The number of nitrogens with zero attached hydrogens (tertiary/aromatic N) is 3. The molecular weight excluding hydrogens is 605 g/mol. The zero-order chi connectivity index (χ0) is 31.5. The van der Waals surface area contributed by atoms with Crippen LogP contribution in [0.25, 0.3) is 11.3 Å². The van der Waals surface area contributed by atoms with E-state index in [1.54, 1.807) is 12.0 Å². The van der Waals surface area contributed by atoms with Gasteiger partial charge in [0.05, 0.1) is 5.69 Å².